The summed E-state index contributed by atoms with van der Waals surface area (Å²) in [5.74, 6) is 0.0615. The lowest BCUT2D eigenvalue weighted by molar-refractivity contribution is -0.137. The van der Waals surface area contributed by atoms with E-state index in [9.17, 15) is 18.0 Å². The van der Waals surface area contributed by atoms with Crippen LogP contribution in [0.2, 0.25) is 0 Å². The molecular formula is C20H21F3N4O2. The molecule has 0 saturated carbocycles. The van der Waals surface area contributed by atoms with Crippen LogP contribution in [-0.2, 0) is 15.7 Å². The normalized spacial score (nSPS) is 12.7. The Labute approximate surface area is 165 Å². The van der Waals surface area contributed by atoms with Crippen LogP contribution in [0.4, 0.5) is 19.1 Å². The number of aromatic nitrogens is 2. The van der Waals surface area contributed by atoms with Crippen LogP contribution in [0.15, 0.2) is 48.5 Å². The first-order chi connectivity index (χ1) is 13.9. The maximum atomic E-state index is 13.1. The lowest BCUT2D eigenvalue weighted by Gasteiger charge is -2.20. The average Bonchev–Trinajstić information content (AvgIpc) is 3.09. The molecule has 0 fully saturated rings. The summed E-state index contributed by atoms with van der Waals surface area (Å²) in [6.45, 7) is 0.659. The maximum Gasteiger partial charge on any atom is 0.416 e. The van der Waals surface area contributed by atoms with E-state index >= 15 is 0 Å². The van der Waals surface area contributed by atoms with E-state index in [1.165, 1.54) is 13.2 Å². The molecule has 1 unspecified atom stereocenters. The minimum atomic E-state index is -4.47. The van der Waals surface area contributed by atoms with Crippen LogP contribution >= 0.6 is 0 Å². The molecule has 0 aliphatic heterocycles. The zero-order valence-corrected chi connectivity index (χ0v) is 15.7. The van der Waals surface area contributed by atoms with Gasteiger partial charge < -0.3 is 20.4 Å². The maximum absolute atomic E-state index is 13.1. The van der Waals surface area contributed by atoms with Crippen LogP contribution in [-0.4, -0.2) is 36.1 Å². The van der Waals surface area contributed by atoms with Gasteiger partial charge in [-0.25, -0.2) is 4.98 Å². The summed E-state index contributed by atoms with van der Waals surface area (Å²) in [5, 5.41) is 5.74. The smallest absolute Gasteiger partial charge is 0.383 e. The third kappa shape index (κ3) is 5.47. The van der Waals surface area contributed by atoms with Crippen molar-refractivity contribution in [3.63, 3.8) is 0 Å². The number of nitrogens with one attached hydrogen (secondary N) is 3. The van der Waals surface area contributed by atoms with Gasteiger partial charge in [-0.2, -0.15) is 13.2 Å². The van der Waals surface area contributed by atoms with Crippen LogP contribution < -0.4 is 10.6 Å². The third-order valence-corrected chi connectivity index (χ3v) is 4.33. The Morgan fingerprint density at radius 1 is 1.21 bits per heavy atom. The quantitative estimate of drug-likeness (QED) is 0.496. The van der Waals surface area contributed by atoms with Gasteiger partial charge in [0.2, 0.25) is 11.9 Å². The van der Waals surface area contributed by atoms with Crippen molar-refractivity contribution in [1.82, 2.24) is 15.3 Å². The number of para-hydroxylation sites is 2. The number of alkyl halides is 3. The number of rotatable bonds is 8. The minimum absolute atomic E-state index is 0.0674. The number of imidazole rings is 1. The van der Waals surface area contributed by atoms with Crippen molar-refractivity contribution in [2.75, 3.05) is 25.6 Å². The molecule has 0 spiro atoms. The summed E-state index contributed by atoms with van der Waals surface area (Å²) in [7, 11) is 1.51. The Morgan fingerprint density at radius 2 is 2.00 bits per heavy atom. The number of hydrogen-bond donors (Lipinski definition) is 3. The van der Waals surface area contributed by atoms with Crippen molar-refractivity contribution in [2.45, 2.75) is 18.6 Å². The number of aromatic amines is 1. The summed E-state index contributed by atoms with van der Waals surface area (Å²) in [6, 6.07) is 11.5. The van der Waals surface area contributed by atoms with Crippen molar-refractivity contribution in [1.29, 1.82) is 0 Å². The Hall–Kier alpha value is -3.07. The molecule has 0 saturated heterocycles. The van der Waals surface area contributed by atoms with E-state index in [0.29, 0.717) is 30.2 Å². The number of fused-ring (bicyclic) bond motifs is 1. The van der Waals surface area contributed by atoms with Crippen LogP contribution in [0, 0.1) is 0 Å². The number of benzene rings is 2. The van der Waals surface area contributed by atoms with Gasteiger partial charge in [-0.05, 0) is 29.8 Å². The summed E-state index contributed by atoms with van der Waals surface area (Å²) < 4.78 is 44.3. The van der Waals surface area contributed by atoms with E-state index in [-0.39, 0.29) is 12.3 Å². The standard InChI is InChI=1S/C20H21F3N4O2/c1-29-10-9-24-18(28)12-17(13-5-4-6-14(11-13)20(21,22)23)27-19-25-15-7-2-3-8-16(15)26-19/h2-8,11,17H,9-10,12H2,1H3,(H,24,28)(H2,25,26,27). The van der Waals surface area contributed by atoms with Crippen molar-refractivity contribution in [2.24, 2.45) is 0 Å². The SMILES string of the molecule is COCCNC(=O)CC(Nc1nc2ccccc2[nH]1)c1cccc(C(F)(F)F)c1. The molecule has 0 bridgehead atoms. The van der Waals surface area contributed by atoms with Gasteiger partial charge in [-0.15, -0.1) is 0 Å². The second-order valence-electron chi connectivity index (χ2n) is 6.47. The highest BCUT2D eigenvalue weighted by molar-refractivity contribution is 5.79. The molecule has 1 amide bonds. The highest BCUT2D eigenvalue weighted by Gasteiger charge is 2.31. The molecular weight excluding hydrogens is 385 g/mol. The van der Waals surface area contributed by atoms with Gasteiger partial charge >= 0.3 is 6.18 Å². The number of ether oxygens (including phenoxy) is 1. The van der Waals surface area contributed by atoms with Crippen LogP contribution in [0.25, 0.3) is 11.0 Å². The number of halogens is 3. The summed E-state index contributed by atoms with van der Waals surface area (Å²) >= 11 is 0. The zero-order valence-electron chi connectivity index (χ0n) is 15.7. The van der Waals surface area contributed by atoms with Crippen LogP contribution in [0.5, 0.6) is 0 Å². The number of anilines is 1. The summed E-state index contributed by atoms with van der Waals surface area (Å²) in [5.41, 5.74) is 1.05. The van der Waals surface area contributed by atoms with Gasteiger partial charge in [0.1, 0.15) is 0 Å². The Kier molecular flexibility index (Phi) is 6.38. The average molecular weight is 406 g/mol. The molecule has 1 aromatic heterocycles. The fourth-order valence-corrected chi connectivity index (χ4v) is 2.92. The molecule has 29 heavy (non-hydrogen) atoms. The predicted octanol–water partition coefficient (Wildman–Crippen LogP) is 3.89. The highest BCUT2D eigenvalue weighted by atomic mass is 19.4. The van der Waals surface area contributed by atoms with Crippen molar-refractivity contribution >= 4 is 22.9 Å². The second-order valence-corrected chi connectivity index (χ2v) is 6.47. The van der Waals surface area contributed by atoms with E-state index in [1.54, 1.807) is 6.07 Å². The first-order valence-corrected chi connectivity index (χ1v) is 9.01. The van der Waals surface area contributed by atoms with Gasteiger partial charge in [0.15, 0.2) is 0 Å². The zero-order chi connectivity index (χ0) is 20.9. The third-order valence-electron chi connectivity index (χ3n) is 4.33. The molecule has 1 heterocycles. The molecule has 3 rings (SSSR count). The lowest BCUT2D eigenvalue weighted by Crippen LogP contribution is -2.30. The molecule has 0 aliphatic carbocycles. The van der Waals surface area contributed by atoms with Crippen molar-refractivity contribution in [3.05, 3.63) is 59.7 Å². The molecule has 0 radical (unpaired) electrons. The molecule has 1 atom stereocenters. The number of nitrogens with zero attached hydrogens (tertiary/aromatic N) is 1. The topological polar surface area (TPSA) is 79.0 Å². The van der Waals surface area contributed by atoms with Gasteiger partial charge in [-0.3, -0.25) is 4.79 Å². The molecule has 0 aliphatic rings. The number of H-pyrrole nitrogens is 1. The van der Waals surface area contributed by atoms with E-state index in [1.807, 2.05) is 24.3 Å². The molecule has 2 aromatic carbocycles. The highest BCUT2D eigenvalue weighted by Crippen LogP contribution is 2.32. The number of amides is 1. The lowest BCUT2D eigenvalue weighted by atomic mass is 10.0. The van der Waals surface area contributed by atoms with Gasteiger partial charge in [0.25, 0.3) is 0 Å². The largest absolute Gasteiger partial charge is 0.416 e. The van der Waals surface area contributed by atoms with Gasteiger partial charge in [0.05, 0.1) is 35.7 Å². The first kappa shape index (κ1) is 20.7. The molecule has 154 valence electrons. The van der Waals surface area contributed by atoms with Gasteiger partial charge in [-0.1, -0.05) is 24.3 Å². The van der Waals surface area contributed by atoms with Crippen LogP contribution in [0.1, 0.15) is 23.6 Å². The van der Waals surface area contributed by atoms with E-state index in [4.69, 9.17) is 4.74 Å². The number of hydrogen-bond acceptors (Lipinski definition) is 4. The molecule has 3 aromatic rings. The fraction of sp³-hybridized carbons (Fsp3) is 0.300. The van der Waals surface area contributed by atoms with E-state index < -0.39 is 17.8 Å². The number of carbonyl (C=O) groups is 1. The summed E-state index contributed by atoms with van der Waals surface area (Å²) in [4.78, 5) is 19.7. The molecule has 9 heteroatoms. The Balaban J connectivity index is 1.85. The van der Waals surface area contributed by atoms with Gasteiger partial charge in [0, 0.05) is 13.7 Å². The Bertz CT molecular complexity index is 939. The van der Waals surface area contributed by atoms with Crippen molar-refractivity contribution in [3.8, 4) is 0 Å². The van der Waals surface area contributed by atoms with E-state index in [0.717, 1.165) is 17.6 Å². The summed E-state index contributed by atoms with van der Waals surface area (Å²) in [6.07, 6.45) is -4.54. The van der Waals surface area contributed by atoms with E-state index in [2.05, 4.69) is 20.6 Å². The first-order valence-electron chi connectivity index (χ1n) is 9.01. The predicted molar refractivity (Wildman–Crippen MR) is 103 cm³/mol. The van der Waals surface area contributed by atoms with Crippen LogP contribution in [0.3, 0.4) is 0 Å². The molecule has 6 nitrogen and oxygen atoms in total. The fourth-order valence-electron chi connectivity index (χ4n) is 2.92. The van der Waals surface area contributed by atoms with Crippen molar-refractivity contribution < 1.29 is 22.7 Å². The number of methoxy groups -OCH3 is 1. The number of carbonyl (C=O) groups excluding carboxylic acids is 1. The minimum Gasteiger partial charge on any atom is -0.383 e. The Morgan fingerprint density at radius 3 is 2.72 bits per heavy atom. The molecule has 3 N–H and O–H groups in total. The monoisotopic (exact) mass is 406 g/mol. The second kappa shape index (κ2) is 8.95.